The van der Waals surface area contributed by atoms with Crippen molar-refractivity contribution in [3.05, 3.63) is 41.5 Å². The minimum absolute atomic E-state index is 0.795. The molecule has 1 nitrogen and oxygen atoms in total. The second-order valence-corrected chi connectivity index (χ2v) is 5.24. The molecule has 0 spiro atoms. The van der Waals surface area contributed by atoms with Crippen LogP contribution in [0.25, 0.3) is 0 Å². The van der Waals surface area contributed by atoms with E-state index in [4.69, 9.17) is 5.73 Å². The molecule has 0 aromatic heterocycles. The number of allylic oxidation sites excluding steroid dienone is 2. The second kappa shape index (κ2) is 7.16. The fraction of sp³-hybridized carbons (Fsp3) is 0.500. The van der Waals surface area contributed by atoms with Gasteiger partial charge in [0.25, 0.3) is 0 Å². The van der Waals surface area contributed by atoms with Gasteiger partial charge >= 0.3 is 0 Å². The number of aryl methyl sites for hydroxylation is 1. The summed E-state index contributed by atoms with van der Waals surface area (Å²) in [6.07, 6.45) is 7.27. The Labute approximate surface area is 106 Å². The highest BCUT2D eigenvalue weighted by atomic mass is 14.5. The van der Waals surface area contributed by atoms with Gasteiger partial charge in [0.1, 0.15) is 0 Å². The van der Waals surface area contributed by atoms with Crippen LogP contribution in [0.1, 0.15) is 45.6 Å². The highest BCUT2D eigenvalue weighted by Crippen LogP contribution is 2.16. The second-order valence-electron chi connectivity index (χ2n) is 5.24. The smallest absolute Gasteiger partial charge is 0.0314 e. The maximum atomic E-state index is 5.67. The molecule has 1 atom stereocenters. The molecule has 0 amide bonds. The normalized spacial score (nSPS) is 12.2. The Kier molecular flexibility index (Phi) is 5.82. The Hall–Kier alpha value is -1.24. The molecule has 1 heteroatoms. The fourth-order valence-corrected chi connectivity index (χ4v) is 1.90. The molecule has 0 radical (unpaired) electrons. The van der Waals surface area contributed by atoms with Gasteiger partial charge in [-0.3, -0.25) is 0 Å². The van der Waals surface area contributed by atoms with Crippen molar-refractivity contribution in [1.82, 2.24) is 0 Å². The SMILES string of the molecule is CC(C)=CCCC(C)CCc1ccc(N)cc1. The van der Waals surface area contributed by atoms with Crippen molar-refractivity contribution >= 4 is 5.69 Å². The van der Waals surface area contributed by atoms with Gasteiger partial charge in [-0.1, -0.05) is 30.7 Å². The number of hydrogen-bond acceptors (Lipinski definition) is 1. The van der Waals surface area contributed by atoms with E-state index in [1.165, 1.54) is 30.4 Å². The minimum atomic E-state index is 0.795. The monoisotopic (exact) mass is 231 g/mol. The molecule has 0 aliphatic carbocycles. The summed E-state index contributed by atoms with van der Waals surface area (Å²) in [7, 11) is 0. The van der Waals surface area contributed by atoms with Crippen LogP contribution in [0.3, 0.4) is 0 Å². The van der Waals surface area contributed by atoms with Crippen molar-refractivity contribution in [3.8, 4) is 0 Å². The summed E-state index contributed by atoms with van der Waals surface area (Å²) in [5, 5.41) is 0. The molecule has 1 aromatic rings. The van der Waals surface area contributed by atoms with Crippen LogP contribution in [-0.4, -0.2) is 0 Å². The molecule has 1 rings (SSSR count). The third-order valence-electron chi connectivity index (χ3n) is 3.12. The molecule has 94 valence electrons. The molecule has 0 saturated carbocycles. The number of nitrogen functional groups attached to an aromatic ring is 1. The van der Waals surface area contributed by atoms with Crippen molar-refractivity contribution in [2.45, 2.75) is 46.5 Å². The molecule has 0 bridgehead atoms. The zero-order valence-corrected chi connectivity index (χ0v) is 11.4. The van der Waals surface area contributed by atoms with E-state index in [2.05, 4.69) is 39.0 Å². The molecule has 1 unspecified atom stereocenters. The van der Waals surface area contributed by atoms with Crippen molar-refractivity contribution in [1.29, 1.82) is 0 Å². The maximum Gasteiger partial charge on any atom is 0.0314 e. The Morgan fingerprint density at radius 2 is 1.82 bits per heavy atom. The number of rotatable bonds is 6. The molecule has 1 aromatic carbocycles. The lowest BCUT2D eigenvalue weighted by atomic mass is 9.96. The predicted molar refractivity (Wildman–Crippen MR) is 77.0 cm³/mol. The molecule has 17 heavy (non-hydrogen) atoms. The van der Waals surface area contributed by atoms with Gasteiger partial charge < -0.3 is 5.73 Å². The van der Waals surface area contributed by atoms with Gasteiger partial charge in [0, 0.05) is 5.69 Å². The van der Waals surface area contributed by atoms with E-state index < -0.39 is 0 Å². The number of hydrogen-bond donors (Lipinski definition) is 1. The van der Waals surface area contributed by atoms with E-state index >= 15 is 0 Å². The van der Waals surface area contributed by atoms with E-state index in [9.17, 15) is 0 Å². The Morgan fingerprint density at radius 1 is 1.18 bits per heavy atom. The fourth-order valence-electron chi connectivity index (χ4n) is 1.90. The Balaban J connectivity index is 2.26. The first-order valence-corrected chi connectivity index (χ1v) is 6.55. The van der Waals surface area contributed by atoms with Gasteiger partial charge in [-0.15, -0.1) is 0 Å². The Bertz CT molecular complexity index is 344. The standard InChI is InChI=1S/C16H25N/c1-13(2)5-4-6-14(3)7-8-15-9-11-16(17)12-10-15/h5,9-12,14H,4,6-8,17H2,1-3H3. The molecule has 0 aliphatic rings. The molecule has 0 saturated heterocycles. The van der Waals surface area contributed by atoms with Gasteiger partial charge in [-0.05, 0) is 63.1 Å². The predicted octanol–water partition coefficient (Wildman–Crippen LogP) is 4.58. The summed E-state index contributed by atoms with van der Waals surface area (Å²) in [4.78, 5) is 0. The summed E-state index contributed by atoms with van der Waals surface area (Å²) in [5.41, 5.74) is 9.35. The van der Waals surface area contributed by atoms with Crippen molar-refractivity contribution in [2.75, 3.05) is 5.73 Å². The van der Waals surface area contributed by atoms with Gasteiger partial charge in [-0.2, -0.15) is 0 Å². The first kappa shape index (κ1) is 13.8. The van der Waals surface area contributed by atoms with Crippen LogP contribution in [0.5, 0.6) is 0 Å². The van der Waals surface area contributed by atoms with E-state index in [0.717, 1.165) is 18.0 Å². The van der Waals surface area contributed by atoms with Crippen LogP contribution < -0.4 is 5.73 Å². The topological polar surface area (TPSA) is 26.0 Å². The van der Waals surface area contributed by atoms with E-state index in [0.29, 0.717) is 0 Å². The average molecular weight is 231 g/mol. The Morgan fingerprint density at radius 3 is 2.41 bits per heavy atom. The molecule has 0 fully saturated rings. The van der Waals surface area contributed by atoms with Crippen LogP contribution in [0, 0.1) is 5.92 Å². The summed E-state index contributed by atoms with van der Waals surface area (Å²) in [5.74, 6) is 0.795. The van der Waals surface area contributed by atoms with E-state index in [1.807, 2.05) is 12.1 Å². The summed E-state index contributed by atoms with van der Waals surface area (Å²) in [6, 6.07) is 8.25. The van der Waals surface area contributed by atoms with Gasteiger partial charge in [0.15, 0.2) is 0 Å². The maximum absolute atomic E-state index is 5.67. The quantitative estimate of drug-likeness (QED) is 0.562. The van der Waals surface area contributed by atoms with Crippen molar-refractivity contribution in [3.63, 3.8) is 0 Å². The summed E-state index contributed by atoms with van der Waals surface area (Å²) < 4.78 is 0. The number of anilines is 1. The number of benzene rings is 1. The van der Waals surface area contributed by atoms with E-state index in [-0.39, 0.29) is 0 Å². The minimum Gasteiger partial charge on any atom is -0.399 e. The lowest BCUT2D eigenvalue weighted by molar-refractivity contribution is 0.497. The third-order valence-corrected chi connectivity index (χ3v) is 3.12. The van der Waals surface area contributed by atoms with Crippen LogP contribution in [0.15, 0.2) is 35.9 Å². The van der Waals surface area contributed by atoms with Gasteiger partial charge in [0.2, 0.25) is 0 Å². The average Bonchev–Trinajstić information content (AvgIpc) is 2.28. The first-order valence-electron chi connectivity index (χ1n) is 6.55. The molecule has 2 N–H and O–H groups in total. The highest BCUT2D eigenvalue weighted by Gasteiger charge is 2.02. The largest absolute Gasteiger partial charge is 0.399 e. The van der Waals surface area contributed by atoms with Gasteiger partial charge in [-0.25, -0.2) is 0 Å². The third kappa shape index (κ3) is 6.15. The van der Waals surface area contributed by atoms with Crippen LogP contribution in [0.2, 0.25) is 0 Å². The summed E-state index contributed by atoms with van der Waals surface area (Å²) >= 11 is 0. The molecular weight excluding hydrogens is 206 g/mol. The van der Waals surface area contributed by atoms with Crippen LogP contribution >= 0.6 is 0 Å². The lowest BCUT2D eigenvalue weighted by Gasteiger charge is -2.10. The van der Waals surface area contributed by atoms with Crippen molar-refractivity contribution in [2.24, 2.45) is 5.92 Å². The zero-order chi connectivity index (χ0) is 12.7. The summed E-state index contributed by atoms with van der Waals surface area (Å²) in [6.45, 7) is 6.67. The van der Waals surface area contributed by atoms with Crippen LogP contribution in [0.4, 0.5) is 5.69 Å². The highest BCUT2D eigenvalue weighted by molar-refractivity contribution is 5.39. The van der Waals surface area contributed by atoms with Gasteiger partial charge in [0.05, 0.1) is 0 Å². The van der Waals surface area contributed by atoms with E-state index in [1.54, 1.807) is 0 Å². The number of nitrogens with two attached hydrogens (primary N) is 1. The molecule has 0 aliphatic heterocycles. The molecular formula is C16H25N. The molecule has 0 heterocycles. The van der Waals surface area contributed by atoms with Crippen molar-refractivity contribution < 1.29 is 0 Å². The zero-order valence-electron chi connectivity index (χ0n) is 11.4. The van der Waals surface area contributed by atoms with Crippen LogP contribution in [-0.2, 0) is 6.42 Å². The lowest BCUT2D eigenvalue weighted by Crippen LogP contribution is -1.97. The first-order chi connectivity index (χ1) is 8.08.